The molecule has 0 aromatic carbocycles. The van der Waals surface area contributed by atoms with Gasteiger partial charge in [0.05, 0.1) is 0 Å². The molecule has 0 N–H and O–H groups in total. The molecule has 1 aromatic heterocycles. The first-order valence-electron chi connectivity index (χ1n) is 6.31. The normalized spacial score (nSPS) is 25.7. The van der Waals surface area contributed by atoms with Crippen molar-refractivity contribution in [2.24, 2.45) is 0 Å². The van der Waals surface area contributed by atoms with E-state index in [1.54, 1.807) is 31.3 Å². The van der Waals surface area contributed by atoms with Crippen LogP contribution < -0.4 is 0 Å². The molecule has 1 aliphatic rings. The van der Waals surface area contributed by atoms with Crippen molar-refractivity contribution >= 4 is 5.78 Å². The number of rotatable bonds is 1. The Morgan fingerprint density at radius 2 is 2.05 bits per heavy atom. The van der Waals surface area contributed by atoms with E-state index in [-0.39, 0.29) is 5.78 Å². The lowest BCUT2D eigenvalue weighted by atomic mass is 9.99. The summed E-state index contributed by atoms with van der Waals surface area (Å²) in [6.07, 6.45) is 3.00. The van der Waals surface area contributed by atoms with Crippen molar-refractivity contribution in [2.45, 2.75) is 44.7 Å². The van der Waals surface area contributed by atoms with Crippen LogP contribution >= 0.6 is 0 Å². The summed E-state index contributed by atoms with van der Waals surface area (Å²) < 4.78 is 0. The topological polar surface area (TPSA) is 53.1 Å². The fraction of sp³-hybridized carbons (Fsp3) is 0.467. The van der Waals surface area contributed by atoms with E-state index in [4.69, 9.17) is 0 Å². The second kappa shape index (κ2) is 4.76. The third kappa shape index (κ3) is 2.67. The van der Waals surface area contributed by atoms with Gasteiger partial charge in [-0.2, -0.15) is 0 Å². The van der Waals surface area contributed by atoms with Gasteiger partial charge in [-0.1, -0.05) is 12.0 Å². The second-order valence-electron chi connectivity index (χ2n) is 5.67. The largest absolute Gasteiger partial charge is 0.277 e. The molecule has 1 fully saturated rings. The standard InChI is InChI=1S/C15H17N2O2/c1-14(2)9-10-15(3,17(14)19)8-7-13(18)12-6-4-5-11-16-12/h4-6,11H,9-10H2,1-3H3. The van der Waals surface area contributed by atoms with E-state index < -0.39 is 11.1 Å². The minimum Gasteiger partial charge on any atom is -0.277 e. The average Bonchev–Trinajstić information content (AvgIpc) is 2.62. The number of hydroxylamine groups is 2. The molecule has 0 saturated carbocycles. The molecule has 1 aliphatic heterocycles. The highest BCUT2D eigenvalue weighted by Crippen LogP contribution is 2.38. The maximum absolute atomic E-state index is 12.2. The highest BCUT2D eigenvalue weighted by Gasteiger charge is 2.47. The number of aromatic nitrogens is 1. The Bertz CT molecular complexity index is 542. The zero-order valence-corrected chi connectivity index (χ0v) is 11.4. The summed E-state index contributed by atoms with van der Waals surface area (Å²) in [5.41, 5.74) is -0.890. The number of hydrogen-bond acceptors (Lipinski definition) is 3. The Balaban J connectivity index is 2.19. The Morgan fingerprint density at radius 1 is 1.32 bits per heavy atom. The lowest BCUT2D eigenvalue weighted by molar-refractivity contribution is -0.234. The maximum atomic E-state index is 12.2. The number of hydrogen-bond donors (Lipinski definition) is 0. The van der Waals surface area contributed by atoms with Crippen LogP contribution in [-0.2, 0) is 5.21 Å². The van der Waals surface area contributed by atoms with Crippen molar-refractivity contribution in [3.05, 3.63) is 30.1 Å². The Morgan fingerprint density at radius 3 is 2.58 bits per heavy atom. The van der Waals surface area contributed by atoms with Gasteiger partial charge in [0.2, 0.25) is 0 Å². The Labute approximate surface area is 113 Å². The monoisotopic (exact) mass is 257 g/mol. The molecule has 1 aromatic rings. The molecule has 0 amide bonds. The predicted octanol–water partition coefficient (Wildman–Crippen LogP) is 2.25. The smallest absolute Gasteiger partial charge is 0.254 e. The summed E-state index contributed by atoms with van der Waals surface area (Å²) in [6.45, 7) is 5.58. The van der Waals surface area contributed by atoms with Crippen LogP contribution in [0.4, 0.5) is 0 Å². The van der Waals surface area contributed by atoms with Gasteiger partial charge in [-0.05, 0) is 51.7 Å². The van der Waals surface area contributed by atoms with Crippen molar-refractivity contribution in [3.63, 3.8) is 0 Å². The molecule has 1 unspecified atom stereocenters. The van der Waals surface area contributed by atoms with Crippen molar-refractivity contribution < 1.29 is 10.0 Å². The molecule has 0 spiro atoms. The van der Waals surface area contributed by atoms with Crippen LogP contribution in [0.5, 0.6) is 0 Å². The zero-order valence-electron chi connectivity index (χ0n) is 11.4. The average molecular weight is 257 g/mol. The van der Waals surface area contributed by atoms with Crippen molar-refractivity contribution in [1.29, 1.82) is 0 Å². The molecular weight excluding hydrogens is 240 g/mol. The molecule has 2 rings (SSSR count). The fourth-order valence-corrected chi connectivity index (χ4v) is 2.29. The van der Waals surface area contributed by atoms with Gasteiger partial charge in [0, 0.05) is 11.7 Å². The summed E-state index contributed by atoms with van der Waals surface area (Å²) in [6, 6.07) is 5.10. The predicted molar refractivity (Wildman–Crippen MR) is 70.6 cm³/mol. The molecule has 0 aliphatic carbocycles. The number of carbonyl (C=O) groups excluding carboxylic acids is 1. The first kappa shape index (κ1) is 13.7. The van der Waals surface area contributed by atoms with Crippen molar-refractivity contribution in [2.75, 3.05) is 0 Å². The molecule has 1 radical (unpaired) electrons. The molecule has 4 nitrogen and oxygen atoms in total. The van der Waals surface area contributed by atoms with Gasteiger partial charge in [-0.15, -0.1) is 10.3 Å². The van der Waals surface area contributed by atoms with Crippen LogP contribution in [0.15, 0.2) is 24.4 Å². The Hall–Kier alpha value is -1.70. The quantitative estimate of drug-likeness (QED) is 0.440. The maximum Gasteiger partial charge on any atom is 0.254 e. The summed E-state index contributed by atoms with van der Waals surface area (Å²) >= 11 is 0. The molecule has 4 heteroatoms. The molecule has 99 valence electrons. The molecule has 19 heavy (non-hydrogen) atoms. The minimum atomic E-state index is -0.784. The van der Waals surface area contributed by atoms with Gasteiger partial charge in [-0.3, -0.25) is 9.78 Å². The van der Waals surface area contributed by atoms with E-state index in [9.17, 15) is 10.0 Å². The number of pyridine rings is 1. The SMILES string of the molecule is CC1(C)CCC(C)(C#CC(=O)c2ccccn2)N1[O]. The van der Waals surface area contributed by atoms with Gasteiger partial charge < -0.3 is 0 Å². The minimum absolute atomic E-state index is 0.313. The second-order valence-corrected chi connectivity index (χ2v) is 5.67. The molecule has 1 atom stereocenters. The van der Waals surface area contributed by atoms with Gasteiger partial charge >= 0.3 is 0 Å². The number of ketones is 1. The summed E-state index contributed by atoms with van der Waals surface area (Å²) in [5.74, 6) is 5.04. The van der Waals surface area contributed by atoms with Crippen LogP contribution in [0.2, 0.25) is 0 Å². The van der Waals surface area contributed by atoms with Crippen LogP contribution in [0.25, 0.3) is 0 Å². The van der Waals surface area contributed by atoms with Crippen molar-refractivity contribution in [3.8, 4) is 11.8 Å². The van der Waals surface area contributed by atoms with E-state index in [0.29, 0.717) is 12.1 Å². The van der Waals surface area contributed by atoms with Gasteiger partial charge in [0.25, 0.3) is 5.78 Å². The number of nitrogens with zero attached hydrogens (tertiary/aromatic N) is 2. The summed E-state index contributed by atoms with van der Waals surface area (Å²) in [7, 11) is 0. The van der Waals surface area contributed by atoms with E-state index >= 15 is 0 Å². The number of carbonyl (C=O) groups is 1. The van der Waals surface area contributed by atoms with Gasteiger partial charge in [0.1, 0.15) is 11.2 Å². The fourth-order valence-electron chi connectivity index (χ4n) is 2.29. The highest BCUT2D eigenvalue weighted by atomic mass is 16.5. The van der Waals surface area contributed by atoms with Crippen molar-refractivity contribution in [1.82, 2.24) is 10.0 Å². The summed E-state index contributed by atoms with van der Waals surface area (Å²) in [5, 5.41) is 13.2. The van der Waals surface area contributed by atoms with E-state index in [1.165, 1.54) is 0 Å². The van der Waals surface area contributed by atoms with E-state index in [1.807, 2.05) is 13.8 Å². The number of Topliss-reactive ketones (excluding diaryl/α,β-unsaturated/α-hetero) is 1. The lowest BCUT2D eigenvalue weighted by Crippen LogP contribution is -2.45. The van der Waals surface area contributed by atoms with Gasteiger partial charge in [0.15, 0.2) is 0 Å². The van der Waals surface area contributed by atoms with Crippen LogP contribution in [0.1, 0.15) is 44.1 Å². The molecular formula is C15H17N2O2. The molecule has 2 heterocycles. The van der Waals surface area contributed by atoms with E-state index in [0.717, 1.165) is 11.5 Å². The first-order chi connectivity index (χ1) is 8.85. The Kier molecular flexibility index (Phi) is 3.44. The van der Waals surface area contributed by atoms with Crippen LogP contribution in [0.3, 0.4) is 0 Å². The third-order valence-electron chi connectivity index (χ3n) is 3.56. The lowest BCUT2D eigenvalue weighted by Gasteiger charge is -2.30. The third-order valence-corrected chi connectivity index (χ3v) is 3.56. The molecule has 0 bridgehead atoms. The van der Waals surface area contributed by atoms with Crippen LogP contribution in [0, 0.1) is 11.8 Å². The van der Waals surface area contributed by atoms with Crippen LogP contribution in [-0.4, -0.2) is 26.9 Å². The van der Waals surface area contributed by atoms with Gasteiger partial charge in [-0.25, -0.2) is 0 Å². The zero-order chi connectivity index (χ0) is 14.1. The first-order valence-corrected chi connectivity index (χ1v) is 6.31. The van der Waals surface area contributed by atoms with E-state index in [2.05, 4.69) is 16.8 Å². The summed E-state index contributed by atoms with van der Waals surface area (Å²) in [4.78, 5) is 15.8. The molecule has 1 saturated heterocycles. The highest BCUT2D eigenvalue weighted by molar-refractivity contribution is 6.07.